The summed E-state index contributed by atoms with van der Waals surface area (Å²) < 4.78 is 0. The minimum absolute atomic E-state index is 0.254. The Bertz CT molecular complexity index is 500. The average Bonchev–Trinajstić information content (AvgIpc) is 2.29. The zero-order valence-electron chi connectivity index (χ0n) is 10.2. The molecule has 0 aliphatic heterocycles. The van der Waals surface area contributed by atoms with Crippen molar-refractivity contribution in [2.24, 2.45) is 10.3 Å². The predicted molar refractivity (Wildman–Crippen MR) is 72.6 cm³/mol. The van der Waals surface area contributed by atoms with Crippen LogP contribution < -0.4 is 0 Å². The Morgan fingerprint density at radius 3 is 2.61 bits per heavy atom. The molecular weight excluding hydrogens is 273 g/mol. The first-order chi connectivity index (χ1) is 8.45. The third-order valence-corrected chi connectivity index (χ3v) is 2.77. The number of carbonyl (C=O) groups is 1. The highest BCUT2D eigenvalue weighted by molar-refractivity contribution is 6.35. The molecule has 1 aromatic carbocycles. The molecular formula is C12H13Cl2N3O. The van der Waals surface area contributed by atoms with Crippen LogP contribution >= 0.6 is 23.2 Å². The first kappa shape index (κ1) is 14.7. The van der Waals surface area contributed by atoms with Gasteiger partial charge in [-0.15, -0.1) is 0 Å². The molecule has 0 radical (unpaired) electrons. The van der Waals surface area contributed by atoms with Gasteiger partial charge in [0.15, 0.2) is 0 Å². The Hall–Kier alpha value is -1.39. The van der Waals surface area contributed by atoms with E-state index in [2.05, 4.69) is 16.9 Å². The van der Waals surface area contributed by atoms with Crippen molar-refractivity contribution < 1.29 is 4.79 Å². The largest absolute Gasteiger partial charge is 0.273 e. The van der Waals surface area contributed by atoms with Gasteiger partial charge in [0.1, 0.15) is 0 Å². The van der Waals surface area contributed by atoms with E-state index in [1.807, 2.05) is 0 Å². The van der Waals surface area contributed by atoms with Crippen LogP contribution in [-0.2, 0) is 11.2 Å². The summed E-state index contributed by atoms with van der Waals surface area (Å²) in [5.41, 5.74) is 1.32. The molecule has 0 fully saturated rings. The van der Waals surface area contributed by atoms with E-state index in [0.717, 1.165) is 10.6 Å². The highest BCUT2D eigenvalue weighted by Crippen LogP contribution is 2.24. The summed E-state index contributed by atoms with van der Waals surface area (Å²) in [4.78, 5) is 11.4. The van der Waals surface area contributed by atoms with Crippen LogP contribution in [0, 0.1) is 0 Å². The van der Waals surface area contributed by atoms with Gasteiger partial charge in [0, 0.05) is 29.1 Å². The maximum absolute atomic E-state index is 11.4. The smallest absolute Gasteiger partial charge is 0.245 e. The molecule has 0 saturated carbocycles. The number of hydrogen-bond acceptors (Lipinski definition) is 3. The molecule has 1 aromatic rings. The van der Waals surface area contributed by atoms with Crippen molar-refractivity contribution in [3.05, 3.63) is 46.1 Å². The van der Waals surface area contributed by atoms with Gasteiger partial charge in [-0.2, -0.15) is 10.1 Å². The lowest BCUT2D eigenvalue weighted by atomic mass is 10.1. The SMILES string of the molecule is C=C(Cc1ccc(Cl)cc1Cl)N(N=NC)C(C)=O. The van der Waals surface area contributed by atoms with Crippen molar-refractivity contribution >= 4 is 29.1 Å². The Kier molecular flexibility index (Phi) is 5.31. The average molecular weight is 286 g/mol. The summed E-state index contributed by atoms with van der Waals surface area (Å²) in [5.74, 6) is -0.254. The number of benzene rings is 1. The van der Waals surface area contributed by atoms with Gasteiger partial charge in [0.25, 0.3) is 0 Å². The molecule has 0 saturated heterocycles. The second kappa shape index (κ2) is 6.52. The molecule has 0 aliphatic rings. The number of amides is 1. The lowest BCUT2D eigenvalue weighted by Crippen LogP contribution is -2.22. The summed E-state index contributed by atoms with van der Waals surface area (Å²) >= 11 is 11.9. The fourth-order valence-electron chi connectivity index (χ4n) is 1.40. The van der Waals surface area contributed by atoms with Gasteiger partial charge in [-0.25, -0.2) is 0 Å². The van der Waals surface area contributed by atoms with Crippen LogP contribution in [0.2, 0.25) is 10.0 Å². The summed E-state index contributed by atoms with van der Waals surface area (Å²) in [7, 11) is 1.48. The Morgan fingerprint density at radius 1 is 1.44 bits per heavy atom. The van der Waals surface area contributed by atoms with Crippen molar-refractivity contribution in [2.75, 3.05) is 7.05 Å². The molecule has 0 aromatic heterocycles. The molecule has 0 atom stereocenters. The van der Waals surface area contributed by atoms with Crippen LogP contribution in [0.15, 0.2) is 40.8 Å². The lowest BCUT2D eigenvalue weighted by Gasteiger charge is -2.16. The van der Waals surface area contributed by atoms with E-state index in [1.54, 1.807) is 18.2 Å². The van der Waals surface area contributed by atoms with Gasteiger partial charge in [-0.1, -0.05) is 41.1 Å². The van der Waals surface area contributed by atoms with E-state index in [1.165, 1.54) is 14.0 Å². The van der Waals surface area contributed by atoms with Gasteiger partial charge >= 0.3 is 0 Å². The summed E-state index contributed by atoms with van der Waals surface area (Å²) in [6, 6.07) is 5.16. The maximum atomic E-state index is 11.4. The topological polar surface area (TPSA) is 45.0 Å². The van der Waals surface area contributed by atoms with Crippen molar-refractivity contribution in [1.29, 1.82) is 0 Å². The van der Waals surface area contributed by atoms with Gasteiger partial charge in [-0.05, 0) is 17.7 Å². The number of carbonyl (C=O) groups excluding carboxylic acids is 1. The predicted octanol–water partition coefficient (Wildman–Crippen LogP) is 3.90. The van der Waals surface area contributed by atoms with E-state index < -0.39 is 0 Å². The molecule has 0 heterocycles. The Morgan fingerprint density at radius 2 is 2.11 bits per heavy atom. The first-order valence-electron chi connectivity index (χ1n) is 5.18. The van der Waals surface area contributed by atoms with Crippen LogP contribution in [0.4, 0.5) is 0 Å². The van der Waals surface area contributed by atoms with E-state index in [-0.39, 0.29) is 5.91 Å². The number of rotatable bonds is 4. The number of nitrogens with zero attached hydrogens (tertiary/aromatic N) is 3. The highest BCUT2D eigenvalue weighted by Gasteiger charge is 2.13. The molecule has 0 bridgehead atoms. The van der Waals surface area contributed by atoms with Gasteiger partial charge in [0.2, 0.25) is 5.91 Å². The van der Waals surface area contributed by atoms with Crippen LogP contribution in [0.3, 0.4) is 0 Å². The normalized spacial score (nSPS) is 10.7. The summed E-state index contributed by atoms with van der Waals surface area (Å²) in [5, 5.41) is 9.51. The molecule has 1 rings (SSSR count). The van der Waals surface area contributed by atoms with Crippen LogP contribution in [0.5, 0.6) is 0 Å². The fourth-order valence-corrected chi connectivity index (χ4v) is 1.87. The third-order valence-electron chi connectivity index (χ3n) is 2.19. The number of hydrogen-bond donors (Lipinski definition) is 0. The standard InChI is InChI=1S/C12H13Cl2N3O/c1-8(17(9(2)18)16-15-3)6-10-4-5-11(13)7-12(10)14/h4-5,7H,1,6H2,2-3H3. The molecule has 18 heavy (non-hydrogen) atoms. The molecule has 96 valence electrons. The van der Waals surface area contributed by atoms with Gasteiger partial charge in [0.05, 0.1) is 7.05 Å². The zero-order chi connectivity index (χ0) is 13.7. The van der Waals surface area contributed by atoms with Gasteiger partial charge in [-0.3, -0.25) is 4.79 Å². The molecule has 0 aliphatic carbocycles. The summed E-state index contributed by atoms with van der Waals surface area (Å²) in [6.45, 7) is 5.21. The van der Waals surface area contributed by atoms with Crippen LogP contribution in [-0.4, -0.2) is 18.0 Å². The molecule has 4 nitrogen and oxygen atoms in total. The quantitative estimate of drug-likeness (QED) is 0.611. The Balaban J connectivity index is 2.89. The Labute approximate surface area is 116 Å². The minimum atomic E-state index is -0.254. The van der Waals surface area contributed by atoms with E-state index >= 15 is 0 Å². The number of allylic oxidation sites excluding steroid dienone is 1. The van der Waals surface area contributed by atoms with Crippen molar-refractivity contribution in [3.8, 4) is 0 Å². The fraction of sp³-hybridized carbons (Fsp3) is 0.250. The van der Waals surface area contributed by atoms with Crippen molar-refractivity contribution in [1.82, 2.24) is 5.01 Å². The van der Waals surface area contributed by atoms with E-state index in [9.17, 15) is 4.79 Å². The van der Waals surface area contributed by atoms with E-state index in [0.29, 0.717) is 22.2 Å². The molecule has 0 spiro atoms. The molecule has 0 unspecified atom stereocenters. The third kappa shape index (κ3) is 3.82. The van der Waals surface area contributed by atoms with Crippen LogP contribution in [0.25, 0.3) is 0 Å². The van der Waals surface area contributed by atoms with Crippen LogP contribution in [0.1, 0.15) is 12.5 Å². The molecule has 0 N–H and O–H groups in total. The van der Waals surface area contributed by atoms with Crippen molar-refractivity contribution in [2.45, 2.75) is 13.3 Å². The molecule has 1 amide bonds. The monoisotopic (exact) mass is 285 g/mol. The second-order valence-corrected chi connectivity index (χ2v) is 4.44. The van der Waals surface area contributed by atoms with Gasteiger partial charge < -0.3 is 0 Å². The first-order valence-corrected chi connectivity index (χ1v) is 5.93. The maximum Gasteiger partial charge on any atom is 0.245 e. The number of halogens is 2. The second-order valence-electron chi connectivity index (χ2n) is 3.60. The minimum Gasteiger partial charge on any atom is -0.273 e. The zero-order valence-corrected chi connectivity index (χ0v) is 11.7. The van der Waals surface area contributed by atoms with Crippen molar-refractivity contribution in [3.63, 3.8) is 0 Å². The van der Waals surface area contributed by atoms with E-state index in [4.69, 9.17) is 23.2 Å². The summed E-state index contributed by atoms with van der Waals surface area (Å²) in [6.07, 6.45) is 0.397. The lowest BCUT2D eigenvalue weighted by molar-refractivity contribution is -0.127. The highest BCUT2D eigenvalue weighted by atomic mass is 35.5. The molecule has 6 heteroatoms.